The summed E-state index contributed by atoms with van der Waals surface area (Å²) in [5.74, 6) is -1.44. The van der Waals surface area contributed by atoms with Gasteiger partial charge in [0.15, 0.2) is 0 Å². The highest BCUT2D eigenvalue weighted by Crippen LogP contribution is 2.21. The molecule has 0 aliphatic carbocycles. The molecule has 4 rings (SSSR count). The molecule has 0 aliphatic rings. The van der Waals surface area contributed by atoms with Crippen LogP contribution < -0.4 is 10.9 Å². The quantitative estimate of drug-likeness (QED) is 0.451. The molecular formula is C24H18N2O5. The van der Waals surface area contributed by atoms with Crippen molar-refractivity contribution in [3.8, 4) is 5.75 Å². The summed E-state index contributed by atoms with van der Waals surface area (Å²) in [4.78, 5) is 28.5. The van der Waals surface area contributed by atoms with Crippen molar-refractivity contribution in [2.45, 2.75) is 6.92 Å². The number of carbonyl (C=O) groups is 2. The molecule has 0 saturated heterocycles. The maximum Gasteiger partial charge on any atom is 0.335 e. The molecule has 0 unspecified atom stereocenters. The van der Waals surface area contributed by atoms with Crippen LogP contribution in [0.4, 0.5) is 11.4 Å². The van der Waals surface area contributed by atoms with E-state index < -0.39 is 11.9 Å². The van der Waals surface area contributed by atoms with E-state index in [1.807, 2.05) is 25.1 Å². The summed E-state index contributed by atoms with van der Waals surface area (Å²) in [5, 5.41) is 22.3. The number of aryl methyl sites for hydroxylation is 1. The first-order valence-electron chi connectivity index (χ1n) is 9.42. The third kappa shape index (κ3) is 4.45. The van der Waals surface area contributed by atoms with Crippen LogP contribution in [0.15, 0.2) is 82.2 Å². The Morgan fingerprint density at radius 2 is 1.74 bits per heavy atom. The van der Waals surface area contributed by atoms with E-state index in [1.165, 1.54) is 36.4 Å². The fourth-order valence-corrected chi connectivity index (χ4v) is 3.07. The molecule has 0 radical (unpaired) electrons. The van der Waals surface area contributed by atoms with Crippen LogP contribution in [0.3, 0.4) is 0 Å². The Hall–Kier alpha value is -4.39. The van der Waals surface area contributed by atoms with Crippen LogP contribution >= 0.6 is 0 Å². The highest BCUT2D eigenvalue weighted by molar-refractivity contribution is 6.05. The SMILES string of the molecule is Cc1cccc(NC(=O)c2cc3ccc(O)cc3oc2=Nc2ccc(C(=O)O)cc2)c1. The van der Waals surface area contributed by atoms with E-state index in [9.17, 15) is 14.7 Å². The molecule has 3 N–H and O–H groups in total. The van der Waals surface area contributed by atoms with Crippen LogP contribution in [0.25, 0.3) is 11.0 Å². The average molecular weight is 414 g/mol. The molecule has 4 aromatic rings. The van der Waals surface area contributed by atoms with Gasteiger partial charge in [-0.2, -0.15) is 0 Å². The van der Waals surface area contributed by atoms with E-state index in [1.54, 1.807) is 18.2 Å². The number of nitrogens with zero attached hydrogens (tertiary/aromatic N) is 1. The Morgan fingerprint density at radius 3 is 2.45 bits per heavy atom. The number of carbonyl (C=O) groups excluding carboxylic acids is 1. The third-order valence-electron chi connectivity index (χ3n) is 4.60. The lowest BCUT2D eigenvalue weighted by atomic mass is 10.1. The lowest BCUT2D eigenvalue weighted by molar-refractivity contribution is 0.0696. The van der Waals surface area contributed by atoms with E-state index >= 15 is 0 Å². The Morgan fingerprint density at radius 1 is 0.968 bits per heavy atom. The molecule has 3 aromatic carbocycles. The van der Waals surface area contributed by atoms with Crippen LogP contribution in [0.1, 0.15) is 26.3 Å². The van der Waals surface area contributed by atoms with Crippen molar-refractivity contribution in [3.05, 3.63) is 95.0 Å². The van der Waals surface area contributed by atoms with Gasteiger partial charge in [0.25, 0.3) is 5.91 Å². The van der Waals surface area contributed by atoms with Crippen molar-refractivity contribution in [2.75, 3.05) is 5.32 Å². The molecule has 0 atom stereocenters. The van der Waals surface area contributed by atoms with Crippen LogP contribution in [0, 0.1) is 6.92 Å². The van der Waals surface area contributed by atoms with Crippen molar-refractivity contribution in [1.29, 1.82) is 0 Å². The minimum Gasteiger partial charge on any atom is -0.508 e. The summed E-state index contributed by atoms with van der Waals surface area (Å²) in [5.41, 5.74) is 2.75. The number of carboxylic acid groups (broad SMARTS) is 1. The van der Waals surface area contributed by atoms with E-state index in [0.29, 0.717) is 22.3 Å². The van der Waals surface area contributed by atoms with Gasteiger partial charge in [-0.1, -0.05) is 12.1 Å². The first-order chi connectivity index (χ1) is 14.9. The Kier molecular flexibility index (Phi) is 5.24. The highest BCUT2D eigenvalue weighted by Gasteiger charge is 2.14. The molecule has 1 aromatic heterocycles. The van der Waals surface area contributed by atoms with Gasteiger partial charge < -0.3 is 19.9 Å². The summed E-state index contributed by atoms with van der Waals surface area (Å²) in [6, 6.07) is 19.5. The molecule has 7 nitrogen and oxygen atoms in total. The maximum atomic E-state index is 13.0. The molecule has 154 valence electrons. The number of hydrogen-bond donors (Lipinski definition) is 3. The number of aromatic carboxylic acids is 1. The molecule has 0 spiro atoms. The molecule has 0 saturated carbocycles. The first kappa shape index (κ1) is 19.9. The van der Waals surface area contributed by atoms with E-state index in [4.69, 9.17) is 9.52 Å². The van der Waals surface area contributed by atoms with E-state index in [2.05, 4.69) is 10.3 Å². The smallest absolute Gasteiger partial charge is 0.335 e. The fourth-order valence-electron chi connectivity index (χ4n) is 3.07. The lowest BCUT2D eigenvalue weighted by Gasteiger charge is -2.08. The second kappa shape index (κ2) is 8.16. The standard InChI is InChI=1S/C24H18N2O5/c1-14-3-2-4-18(11-14)25-22(28)20-12-16-7-10-19(27)13-21(16)31-23(20)26-17-8-5-15(6-9-17)24(29)30/h2-13,27H,1H3,(H,25,28)(H,29,30). The van der Waals surface area contributed by atoms with Crippen LogP contribution in [-0.4, -0.2) is 22.1 Å². The van der Waals surface area contributed by atoms with Gasteiger partial charge in [0.2, 0.25) is 5.55 Å². The predicted molar refractivity (Wildman–Crippen MR) is 116 cm³/mol. The van der Waals surface area contributed by atoms with Crippen molar-refractivity contribution >= 4 is 34.2 Å². The van der Waals surface area contributed by atoms with Crippen molar-refractivity contribution < 1.29 is 24.2 Å². The number of phenols is 1. The number of benzene rings is 3. The average Bonchev–Trinajstić information content (AvgIpc) is 2.73. The van der Waals surface area contributed by atoms with Gasteiger partial charge in [-0.3, -0.25) is 4.79 Å². The van der Waals surface area contributed by atoms with E-state index in [0.717, 1.165) is 5.56 Å². The first-order valence-corrected chi connectivity index (χ1v) is 9.42. The zero-order valence-electron chi connectivity index (χ0n) is 16.5. The van der Waals surface area contributed by atoms with Gasteiger partial charge in [0.1, 0.15) is 16.9 Å². The number of hydrogen-bond acceptors (Lipinski definition) is 5. The number of anilines is 1. The van der Waals surface area contributed by atoms with Gasteiger partial charge in [-0.05, 0) is 67.1 Å². The maximum absolute atomic E-state index is 13.0. The van der Waals surface area contributed by atoms with Crippen molar-refractivity contribution in [1.82, 2.24) is 0 Å². The second-order valence-electron chi connectivity index (χ2n) is 6.97. The molecule has 0 fully saturated rings. The molecule has 31 heavy (non-hydrogen) atoms. The number of carboxylic acids is 1. The summed E-state index contributed by atoms with van der Waals surface area (Å²) < 4.78 is 5.83. The topological polar surface area (TPSA) is 112 Å². The third-order valence-corrected chi connectivity index (χ3v) is 4.60. The molecule has 1 heterocycles. The van der Waals surface area contributed by atoms with E-state index in [-0.39, 0.29) is 22.4 Å². The van der Waals surface area contributed by atoms with Crippen LogP contribution in [-0.2, 0) is 0 Å². The normalized spacial score (nSPS) is 11.5. The summed E-state index contributed by atoms with van der Waals surface area (Å²) in [7, 11) is 0. The summed E-state index contributed by atoms with van der Waals surface area (Å²) in [6.07, 6.45) is 0. The van der Waals surface area contributed by atoms with Gasteiger partial charge in [0, 0.05) is 17.1 Å². The predicted octanol–water partition coefficient (Wildman–Crippen LogP) is 4.63. The number of amides is 1. The minimum absolute atomic E-state index is 0.0185. The second-order valence-corrected chi connectivity index (χ2v) is 6.97. The molecule has 0 bridgehead atoms. The Balaban J connectivity index is 1.83. The molecule has 1 amide bonds. The minimum atomic E-state index is -1.05. The van der Waals surface area contributed by atoms with Gasteiger partial charge in [0.05, 0.1) is 11.3 Å². The summed E-state index contributed by atoms with van der Waals surface area (Å²) in [6.45, 7) is 1.93. The van der Waals surface area contributed by atoms with Gasteiger partial charge >= 0.3 is 5.97 Å². The van der Waals surface area contributed by atoms with Crippen molar-refractivity contribution in [2.24, 2.45) is 4.99 Å². The largest absolute Gasteiger partial charge is 0.508 e. The number of phenolic OH excluding ortho intramolecular Hbond substituents is 1. The Bertz CT molecular complexity index is 1370. The number of rotatable bonds is 4. The highest BCUT2D eigenvalue weighted by atomic mass is 16.4. The summed E-state index contributed by atoms with van der Waals surface area (Å²) >= 11 is 0. The zero-order valence-corrected chi connectivity index (χ0v) is 16.5. The van der Waals surface area contributed by atoms with Gasteiger partial charge in [-0.15, -0.1) is 0 Å². The Labute approximate surface area is 176 Å². The molecular weight excluding hydrogens is 396 g/mol. The van der Waals surface area contributed by atoms with Crippen LogP contribution in [0.5, 0.6) is 5.75 Å². The molecule has 7 heteroatoms. The zero-order chi connectivity index (χ0) is 22.0. The molecule has 0 aliphatic heterocycles. The number of nitrogens with one attached hydrogen (secondary N) is 1. The fraction of sp³-hybridized carbons (Fsp3) is 0.0417. The van der Waals surface area contributed by atoms with Gasteiger partial charge in [-0.25, -0.2) is 9.79 Å². The number of aromatic hydroxyl groups is 1. The van der Waals surface area contributed by atoms with Crippen molar-refractivity contribution in [3.63, 3.8) is 0 Å². The van der Waals surface area contributed by atoms with Crippen LogP contribution in [0.2, 0.25) is 0 Å². The monoisotopic (exact) mass is 414 g/mol. The number of fused-ring (bicyclic) bond motifs is 1. The lowest BCUT2D eigenvalue weighted by Crippen LogP contribution is -2.21.